The molecule has 0 aromatic rings. The fraction of sp³-hybridized carbons (Fsp3) is 0.412. The Balaban J connectivity index is 0.000000980. The third-order valence-corrected chi connectivity index (χ3v) is 3.10. The van der Waals surface area contributed by atoms with Crippen molar-refractivity contribution in [3.63, 3.8) is 0 Å². The highest BCUT2D eigenvalue weighted by molar-refractivity contribution is 6.08. The van der Waals surface area contributed by atoms with E-state index in [9.17, 15) is 4.79 Å². The SMILES string of the molecule is CCC(=CCC/C(C)=C/CO)C(=O)C1=CC=CC1.O=C(O)O. The molecule has 1 aliphatic rings. The van der Waals surface area contributed by atoms with Gasteiger partial charge < -0.3 is 15.3 Å². The van der Waals surface area contributed by atoms with Gasteiger partial charge in [-0.2, -0.15) is 0 Å². The second-order valence-corrected chi connectivity index (χ2v) is 4.79. The van der Waals surface area contributed by atoms with Crippen molar-refractivity contribution in [3.8, 4) is 0 Å². The Kier molecular flexibility index (Phi) is 10.4. The maximum atomic E-state index is 12.1. The first-order valence-corrected chi connectivity index (χ1v) is 7.20. The highest BCUT2D eigenvalue weighted by Gasteiger charge is 2.13. The number of ketones is 1. The molecule has 5 nitrogen and oxygen atoms in total. The van der Waals surface area contributed by atoms with Gasteiger partial charge in [-0.25, -0.2) is 4.79 Å². The zero-order valence-corrected chi connectivity index (χ0v) is 13.1. The first-order chi connectivity index (χ1) is 10.4. The van der Waals surface area contributed by atoms with Gasteiger partial charge >= 0.3 is 6.16 Å². The van der Waals surface area contributed by atoms with Crippen molar-refractivity contribution in [1.82, 2.24) is 0 Å². The van der Waals surface area contributed by atoms with Crippen molar-refractivity contribution in [2.45, 2.75) is 39.5 Å². The van der Waals surface area contributed by atoms with Crippen LogP contribution < -0.4 is 0 Å². The van der Waals surface area contributed by atoms with E-state index in [1.54, 1.807) is 0 Å². The molecule has 122 valence electrons. The fourth-order valence-corrected chi connectivity index (χ4v) is 1.95. The minimum atomic E-state index is -1.83. The van der Waals surface area contributed by atoms with Crippen LogP contribution in [0.1, 0.15) is 39.5 Å². The van der Waals surface area contributed by atoms with E-state index in [-0.39, 0.29) is 12.4 Å². The molecule has 22 heavy (non-hydrogen) atoms. The maximum absolute atomic E-state index is 12.1. The summed E-state index contributed by atoms with van der Waals surface area (Å²) in [6.45, 7) is 4.11. The van der Waals surface area contributed by atoms with Crippen LogP contribution in [0.5, 0.6) is 0 Å². The van der Waals surface area contributed by atoms with Crippen molar-refractivity contribution >= 4 is 11.9 Å². The lowest BCUT2D eigenvalue weighted by Gasteiger charge is -2.05. The van der Waals surface area contributed by atoms with Gasteiger partial charge in [-0.15, -0.1) is 0 Å². The Morgan fingerprint density at radius 2 is 1.91 bits per heavy atom. The van der Waals surface area contributed by atoms with E-state index in [1.807, 2.05) is 44.2 Å². The molecular formula is C17H24O5. The smallest absolute Gasteiger partial charge is 0.450 e. The predicted molar refractivity (Wildman–Crippen MR) is 86.0 cm³/mol. The number of hydrogen-bond acceptors (Lipinski definition) is 3. The summed E-state index contributed by atoms with van der Waals surface area (Å²) in [5.74, 6) is 0.186. The van der Waals surface area contributed by atoms with E-state index >= 15 is 0 Å². The van der Waals surface area contributed by atoms with E-state index in [0.29, 0.717) is 0 Å². The molecule has 0 radical (unpaired) electrons. The second-order valence-electron chi connectivity index (χ2n) is 4.79. The van der Waals surface area contributed by atoms with Crippen molar-refractivity contribution in [2.75, 3.05) is 6.61 Å². The Hall–Kier alpha value is -2.14. The van der Waals surface area contributed by atoms with Gasteiger partial charge in [0.25, 0.3) is 0 Å². The van der Waals surface area contributed by atoms with Crippen LogP contribution in [0.25, 0.3) is 0 Å². The lowest BCUT2D eigenvalue weighted by Crippen LogP contribution is -2.04. The topological polar surface area (TPSA) is 94.8 Å². The number of hydrogen-bond donors (Lipinski definition) is 3. The molecular weight excluding hydrogens is 284 g/mol. The molecule has 0 amide bonds. The van der Waals surface area contributed by atoms with Crippen LogP contribution in [-0.2, 0) is 4.79 Å². The molecule has 0 saturated heterocycles. The molecule has 0 bridgehead atoms. The van der Waals surface area contributed by atoms with Crippen molar-refractivity contribution < 1.29 is 24.9 Å². The molecule has 1 aliphatic carbocycles. The summed E-state index contributed by atoms with van der Waals surface area (Å²) < 4.78 is 0. The number of allylic oxidation sites excluding steroid dienone is 7. The van der Waals surface area contributed by atoms with Gasteiger partial charge in [-0.1, -0.05) is 42.9 Å². The number of Topliss-reactive ketones (excluding diaryl/α,β-unsaturated/α-hetero) is 1. The average Bonchev–Trinajstić information content (AvgIpc) is 2.97. The molecule has 0 unspecified atom stereocenters. The number of rotatable bonds is 7. The Morgan fingerprint density at radius 1 is 1.27 bits per heavy atom. The zero-order valence-electron chi connectivity index (χ0n) is 13.1. The largest absolute Gasteiger partial charge is 0.503 e. The summed E-state index contributed by atoms with van der Waals surface area (Å²) in [5, 5.41) is 22.7. The van der Waals surface area contributed by atoms with Gasteiger partial charge in [0.15, 0.2) is 5.78 Å². The van der Waals surface area contributed by atoms with E-state index in [1.165, 1.54) is 5.57 Å². The number of aliphatic hydroxyl groups excluding tert-OH is 1. The zero-order chi connectivity index (χ0) is 17.0. The number of carbonyl (C=O) groups excluding carboxylic acids is 1. The van der Waals surface area contributed by atoms with Crippen molar-refractivity contribution in [1.29, 1.82) is 0 Å². The van der Waals surface area contributed by atoms with Gasteiger partial charge in [-0.3, -0.25) is 4.79 Å². The van der Waals surface area contributed by atoms with Crippen LogP contribution in [0, 0.1) is 0 Å². The van der Waals surface area contributed by atoms with Gasteiger partial charge in [0.05, 0.1) is 6.61 Å². The van der Waals surface area contributed by atoms with Crippen molar-refractivity contribution in [2.24, 2.45) is 0 Å². The average molecular weight is 308 g/mol. The predicted octanol–water partition coefficient (Wildman–Crippen LogP) is 3.72. The highest BCUT2D eigenvalue weighted by atomic mass is 16.6. The number of carbonyl (C=O) groups is 2. The normalized spacial score (nSPS) is 14.2. The quantitative estimate of drug-likeness (QED) is 0.492. The summed E-state index contributed by atoms with van der Waals surface area (Å²) in [6.07, 6.45) is 11.2. The molecule has 0 fully saturated rings. The summed E-state index contributed by atoms with van der Waals surface area (Å²) in [7, 11) is 0. The monoisotopic (exact) mass is 308 g/mol. The highest BCUT2D eigenvalue weighted by Crippen LogP contribution is 2.19. The Morgan fingerprint density at radius 3 is 2.36 bits per heavy atom. The van der Waals surface area contributed by atoms with E-state index in [4.69, 9.17) is 20.1 Å². The molecule has 0 atom stereocenters. The lowest BCUT2D eigenvalue weighted by atomic mass is 9.98. The lowest BCUT2D eigenvalue weighted by molar-refractivity contribution is -0.112. The maximum Gasteiger partial charge on any atom is 0.503 e. The molecule has 3 N–H and O–H groups in total. The number of carboxylic acid groups (broad SMARTS) is 2. The summed E-state index contributed by atoms with van der Waals surface area (Å²) in [4.78, 5) is 20.7. The molecule has 0 aliphatic heterocycles. The van der Waals surface area contributed by atoms with Crippen LogP contribution in [0.2, 0.25) is 0 Å². The fourth-order valence-electron chi connectivity index (χ4n) is 1.95. The van der Waals surface area contributed by atoms with Gasteiger partial charge in [-0.05, 0) is 38.2 Å². The van der Waals surface area contributed by atoms with Crippen molar-refractivity contribution in [3.05, 3.63) is 47.1 Å². The Bertz CT molecular complexity index is 491. The third kappa shape index (κ3) is 8.92. The van der Waals surface area contributed by atoms with Gasteiger partial charge in [0, 0.05) is 5.57 Å². The molecule has 0 spiro atoms. The van der Waals surface area contributed by atoms with E-state index in [2.05, 4.69) is 0 Å². The molecule has 0 heterocycles. The molecule has 0 aromatic carbocycles. The first kappa shape index (κ1) is 19.9. The summed E-state index contributed by atoms with van der Waals surface area (Å²) >= 11 is 0. The van der Waals surface area contributed by atoms with Gasteiger partial charge in [0.2, 0.25) is 0 Å². The minimum Gasteiger partial charge on any atom is -0.450 e. The standard InChI is InChI=1S/C16H22O2.CH2O3/c1-3-14(10-6-7-13(2)11-12-17)16(18)15-8-4-5-9-15;2-1(3)4/h4-5,8,10-11,17H,3,6-7,9,12H2,1-2H3;(H2,2,3,4)/b13-11+,14-10?;. The summed E-state index contributed by atoms with van der Waals surface area (Å²) in [6, 6.07) is 0. The molecule has 0 aromatic heterocycles. The van der Waals surface area contributed by atoms with Gasteiger partial charge in [0.1, 0.15) is 0 Å². The number of aliphatic hydroxyl groups is 1. The molecule has 5 heteroatoms. The van der Waals surface area contributed by atoms with E-state index < -0.39 is 6.16 Å². The van der Waals surface area contributed by atoms with E-state index in [0.717, 1.165) is 36.8 Å². The first-order valence-electron chi connectivity index (χ1n) is 7.20. The molecule has 1 rings (SSSR count). The van der Waals surface area contributed by atoms with Crippen LogP contribution in [0.15, 0.2) is 47.1 Å². The third-order valence-electron chi connectivity index (χ3n) is 3.10. The Labute approximate surface area is 131 Å². The van der Waals surface area contributed by atoms with Crippen LogP contribution >= 0.6 is 0 Å². The van der Waals surface area contributed by atoms with Crippen LogP contribution in [0.3, 0.4) is 0 Å². The van der Waals surface area contributed by atoms with Crippen LogP contribution in [-0.4, -0.2) is 33.9 Å². The second kappa shape index (κ2) is 11.5. The minimum absolute atomic E-state index is 0.0909. The van der Waals surface area contributed by atoms with Crippen LogP contribution in [0.4, 0.5) is 4.79 Å². The molecule has 0 saturated carbocycles. The summed E-state index contributed by atoms with van der Waals surface area (Å²) in [5.41, 5.74) is 2.96.